The lowest BCUT2D eigenvalue weighted by molar-refractivity contribution is -0.115. The van der Waals surface area contributed by atoms with E-state index in [1.165, 1.54) is 6.92 Å². The van der Waals surface area contributed by atoms with Crippen LogP contribution in [0.15, 0.2) is 0 Å². The SMILES string of the molecule is CC(N)=O.O=[SH2]=O. The van der Waals surface area contributed by atoms with Crippen molar-refractivity contribution in [3.8, 4) is 0 Å². The number of carbonyl (C=O) groups is 1. The molecule has 4 nitrogen and oxygen atoms in total. The first kappa shape index (κ1) is 9.65. The van der Waals surface area contributed by atoms with E-state index < -0.39 is 11.6 Å². The first-order valence-electron chi connectivity index (χ1n) is 1.40. The summed E-state index contributed by atoms with van der Waals surface area (Å²) in [6, 6.07) is 0. The molecule has 0 saturated carbocycles. The number of hydrogen-bond donors (Lipinski definition) is 1. The highest BCUT2D eigenvalue weighted by molar-refractivity contribution is 7.51. The number of rotatable bonds is 0. The van der Waals surface area contributed by atoms with Crippen LogP contribution in [0.4, 0.5) is 0 Å². The number of carbonyl (C=O) groups excluding carboxylic acids is 1. The van der Waals surface area contributed by atoms with Gasteiger partial charge in [0, 0.05) is 6.92 Å². The molecule has 0 aromatic heterocycles. The summed E-state index contributed by atoms with van der Waals surface area (Å²) in [4.78, 5) is 9.22. The fourth-order valence-electron chi connectivity index (χ4n) is 0. The number of nitrogens with two attached hydrogens (primary N) is 1. The van der Waals surface area contributed by atoms with Gasteiger partial charge in [-0.05, 0) is 0 Å². The maximum absolute atomic E-state index is 9.22. The Morgan fingerprint density at radius 3 is 1.57 bits per heavy atom. The van der Waals surface area contributed by atoms with Crippen molar-refractivity contribution in [2.45, 2.75) is 6.92 Å². The first-order valence-corrected chi connectivity index (χ1v) is 2.22. The van der Waals surface area contributed by atoms with Crippen molar-refractivity contribution in [1.29, 1.82) is 0 Å². The summed E-state index contributed by atoms with van der Waals surface area (Å²) in [7, 11) is 0. The third kappa shape index (κ3) is 188. The Morgan fingerprint density at radius 1 is 1.57 bits per heavy atom. The van der Waals surface area contributed by atoms with Crippen LogP contribution in [0.2, 0.25) is 0 Å². The summed E-state index contributed by atoms with van der Waals surface area (Å²) in [5.41, 5.74) is 4.47. The van der Waals surface area contributed by atoms with Crippen LogP contribution in [-0.4, -0.2) is 14.3 Å². The van der Waals surface area contributed by atoms with Crippen LogP contribution in [0.3, 0.4) is 0 Å². The molecule has 44 valence electrons. The molecule has 0 heterocycles. The molecule has 0 aliphatic rings. The second-order valence-corrected chi connectivity index (χ2v) is 0.861. The van der Waals surface area contributed by atoms with E-state index in [1.54, 1.807) is 0 Å². The molecule has 1 amide bonds. The van der Waals surface area contributed by atoms with Crippen LogP contribution in [0.25, 0.3) is 0 Å². The van der Waals surface area contributed by atoms with Gasteiger partial charge in [0.05, 0.1) is 0 Å². The maximum Gasteiger partial charge on any atom is 0.214 e. The fourth-order valence-corrected chi connectivity index (χ4v) is 0. The van der Waals surface area contributed by atoms with Crippen molar-refractivity contribution in [1.82, 2.24) is 0 Å². The molecule has 0 aliphatic carbocycles. The predicted molar refractivity (Wildman–Crippen MR) is 26.6 cm³/mol. The third-order valence-electron chi connectivity index (χ3n) is 0. The maximum atomic E-state index is 9.22. The Bertz CT molecular complexity index is 80.9. The monoisotopic (exact) mass is 125 g/mol. The minimum atomic E-state index is -1.42. The van der Waals surface area contributed by atoms with Gasteiger partial charge in [0.25, 0.3) is 0 Å². The largest absolute Gasteiger partial charge is 0.370 e. The lowest BCUT2D eigenvalue weighted by Gasteiger charge is -1.60. The second kappa shape index (κ2) is 9.05. The standard InChI is InChI=1S/C2H5NO.H2O2S/c1-2(3)4;1-3-2/h1H3,(H2,3,4);3H2. The molecule has 0 saturated heterocycles. The molecule has 0 fully saturated rings. The summed E-state index contributed by atoms with van der Waals surface area (Å²) < 4.78 is 16.8. The molecule has 0 aliphatic heterocycles. The van der Waals surface area contributed by atoms with Gasteiger partial charge in [-0.1, -0.05) is 0 Å². The summed E-state index contributed by atoms with van der Waals surface area (Å²) in [6.45, 7) is 1.31. The Labute approximate surface area is 44.3 Å². The smallest absolute Gasteiger partial charge is 0.214 e. The Kier molecular flexibility index (Phi) is 12.5. The predicted octanol–water partition coefficient (Wildman–Crippen LogP) is -1.71. The molecule has 0 radical (unpaired) electrons. The lowest BCUT2D eigenvalue weighted by atomic mass is 10.8. The molecule has 0 spiro atoms. The van der Waals surface area contributed by atoms with Crippen LogP contribution in [0.5, 0.6) is 0 Å². The molecular weight excluding hydrogens is 118 g/mol. The Morgan fingerprint density at radius 2 is 1.57 bits per heavy atom. The van der Waals surface area contributed by atoms with Crippen molar-refractivity contribution in [2.24, 2.45) is 5.73 Å². The van der Waals surface area contributed by atoms with Crippen LogP contribution in [0.1, 0.15) is 6.92 Å². The zero-order chi connectivity index (χ0) is 6.28. The topological polar surface area (TPSA) is 77.2 Å². The van der Waals surface area contributed by atoms with Crippen LogP contribution < -0.4 is 5.73 Å². The van der Waals surface area contributed by atoms with Gasteiger partial charge < -0.3 is 5.73 Å². The van der Waals surface area contributed by atoms with Crippen molar-refractivity contribution in [3.63, 3.8) is 0 Å². The molecule has 0 rings (SSSR count). The second-order valence-electron chi connectivity index (χ2n) is 0.694. The van der Waals surface area contributed by atoms with E-state index in [0.29, 0.717) is 0 Å². The molecule has 0 unspecified atom stereocenters. The van der Waals surface area contributed by atoms with Gasteiger partial charge in [0.15, 0.2) is 0 Å². The van der Waals surface area contributed by atoms with Gasteiger partial charge in [-0.25, -0.2) is 8.42 Å². The van der Waals surface area contributed by atoms with Crippen molar-refractivity contribution >= 4 is 17.5 Å². The van der Waals surface area contributed by atoms with E-state index in [2.05, 4.69) is 5.73 Å². The van der Waals surface area contributed by atoms with Gasteiger partial charge in [0.1, 0.15) is 11.6 Å². The normalized spacial score (nSPS) is 5.86. The molecule has 0 atom stereocenters. The van der Waals surface area contributed by atoms with Crippen molar-refractivity contribution in [2.75, 3.05) is 0 Å². The average molecular weight is 125 g/mol. The number of amides is 1. The summed E-state index contributed by atoms with van der Waals surface area (Å²) in [5, 5.41) is 0. The van der Waals surface area contributed by atoms with Gasteiger partial charge in [-0.2, -0.15) is 0 Å². The Balaban J connectivity index is 0. The average Bonchev–Trinajstić information content (AvgIpc) is 1.33. The van der Waals surface area contributed by atoms with Crippen LogP contribution >= 0.6 is 0 Å². The highest BCUT2D eigenvalue weighted by atomic mass is 32.1. The summed E-state index contributed by atoms with van der Waals surface area (Å²) >= 11 is -1.42. The molecule has 2 N–H and O–H groups in total. The van der Waals surface area contributed by atoms with Crippen LogP contribution in [-0.2, 0) is 16.4 Å². The molecular formula is C2H7NO3S. The first-order chi connectivity index (χ1) is 3.15. The Hall–Kier alpha value is -0.580. The quantitative estimate of drug-likeness (QED) is 0.418. The lowest BCUT2D eigenvalue weighted by Crippen LogP contribution is -2.01. The minimum Gasteiger partial charge on any atom is -0.370 e. The van der Waals surface area contributed by atoms with Crippen molar-refractivity contribution in [3.05, 3.63) is 0 Å². The van der Waals surface area contributed by atoms with E-state index in [-0.39, 0.29) is 5.91 Å². The van der Waals surface area contributed by atoms with E-state index in [0.717, 1.165) is 0 Å². The van der Waals surface area contributed by atoms with Crippen molar-refractivity contribution < 1.29 is 13.2 Å². The highest BCUT2D eigenvalue weighted by Gasteiger charge is 1.61. The molecule has 0 aromatic rings. The van der Waals surface area contributed by atoms with E-state index >= 15 is 0 Å². The molecule has 0 bridgehead atoms. The summed E-state index contributed by atoms with van der Waals surface area (Å²) in [6.07, 6.45) is 0. The van der Waals surface area contributed by atoms with Gasteiger partial charge >= 0.3 is 0 Å². The number of hydrogen-bond acceptors (Lipinski definition) is 3. The summed E-state index contributed by atoms with van der Waals surface area (Å²) in [5.74, 6) is -0.333. The fraction of sp³-hybridized carbons (Fsp3) is 0.500. The number of primary amides is 1. The van der Waals surface area contributed by atoms with Gasteiger partial charge in [-0.3, -0.25) is 4.79 Å². The van der Waals surface area contributed by atoms with E-state index in [9.17, 15) is 4.79 Å². The molecule has 5 heteroatoms. The highest BCUT2D eigenvalue weighted by Crippen LogP contribution is 1.33. The van der Waals surface area contributed by atoms with E-state index in [1.807, 2.05) is 0 Å². The zero-order valence-electron chi connectivity index (χ0n) is 3.80. The molecule has 7 heavy (non-hydrogen) atoms. The van der Waals surface area contributed by atoms with E-state index in [4.69, 9.17) is 8.42 Å². The molecule has 0 aromatic carbocycles. The third-order valence-corrected chi connectivity index (χ3v) is 0. The minimum absolute atomic E-state index is 0.333. The van der Waals surface area contributed by atoms with Crippen LogP contribution in [0, 0.1) is 0 Å². The van der Waals surface area contributed by atoms with Gasteiger partial charge in [0.2, 0.25) is 5.91 Å². The zero-order valence-corrected chi connectivity index (χ0v) is 4.80. The van der Waals surface area contributed by atoms with Gasteiger partial charge in [-0.15, -0.1) is 0 Å².